The van der Waals surface area contributed by atoms with Crippen molar-refractivity contribution in [1.82, 2.24) is 0 Å². The molecule has 0 saturated heterocycles. The lowest BCUT2D eigenvalue weighted by Gasteiger charge is -2.17. The number of ether oxygens (including phenoxy) is 2. The van der Waals surface area contributed by atoms with Crippen molar-refractivity contribution in [2.75, 3.05) is 7.11 Å². The predicted octanol–water partition coefficient (Wildman–Crippen LogP) is 3.82. The van der Waals surface area contributed by atoms with Crippen molar-refractivity contribution in [3.8, 4) is 17.6 Å². The molecule has 3 nitrogen and oxygen atoms in total. The van der Waals surface area contributed by atoms with E-state index in [0.717, 1.165) is 18.4 Å². The van der Waals surface area contributed by atoms with Gasteiger partial charge in [-0.1, -0.05) is 6.07 Å². The topological polar surface area (TPSA) is 42.2 Å². The van der Waals surface area contributed by atoms with Crippen LogP contribution in [0.1, 0.15) is 36.6 Å². The molecule has 0 amide bonds. The minimum Gasteiger partial charge on any atom is -0.493 e. The summed E-state index contributed by atoms with van der Waals surface area (Å²) in [6, 6.07) is 7.40. The van der Waals surface area contributed by atoms with Crippen molar-refractivity contribution in [3.63, 3.8) is 0 Å². The fourth-order valence-electron chi connectivity index (χ4n) is 2.20. The molecule has 18 heavy (non-hydrogen) atoms. The maximum Gasteiger partial charge on any atom is 0.161 e. The van der Waals surface area contributed by atoms with E-state index in [2.05, 4.69) is 0 Å². The Hall–Kier alpha value is -1.40. The maximum absolute atomic E-state index is 8.84. The summed E-state index contributed by atoms with van der Waals surface area (Å²) in [5.74, 6) is 1.37. The highest BCUT2D eigenvalue weighted by Gasteiger charge is 2.19. The molecular formula is C14H16ClNO2. The van der Waals surface area contributed by atoms with Gasteiger partial charge in [-0.2, -0.15) is 5.26 Å². The third-order valence-corrected chi connectivity index (χ3v) is 3.54. The quantitative estimate of drug-likeness (QED) is 0.777. The summed E-state index contributed by atoms with van der Waals surface area (Å²) in [5.41, 5.74) is 0.743. The van der Waals surface area contributed by atoms with Gasteiger partial charge in [-0.3, -0.25) is 0 Å². The molecule has 1 aliphatic rings. The predicted molar refractivity (Wildman–Crippen MR) is 70.1 cm³/mol. The zero-order valence-electron chi connectivity index (χ0n) is 10.4. The molecule has 0 aliphatic heterocycles. The second-order valence-corrected chi connectivity index (χ2v) is 4.86. The average molecular weight is 266 g/mol. The molecule has 96 valence electrons. The van der Waals surface area contributed by atoms with Gasteiger partial charge in [0.1, 0.15) is 5.38 Å². The highest BCUT2D eigenvalue weighted by atomic mass is 35.5. The third-order valence-electron chi connectivity index (χ3n) is 3.19. The summed E-state index contributed by atoms with van der Waals surface area (Å²) >= 11 is 5.92. The lowest BCUT2D eigenvalue weighted by atomic mass is 10.1. The normalized spacial score (nSPS) is 17.2. The lowest BCUT2D eigenvalue weighted by molar-refractivity contribution is 0.200. The fraction of sp³-hybridized carbons (Fsp3) is 0.500. The smallest absolute Gasteiger partial charge is 0.161 e. The molecule has 1 aromatic rings. The maximum atomic E-state index is 8.84. The van der Waals surface area contributed by atoms with Crippen LogP contribution in [-0.2, 0) is 0 Å². The Balaban J connectivity index is 2.21. The summed E-state index contributed by atoms with van der Waals surface area (Å²) in [7, 11) is 1.61. The van der Waals surface area contributed by atoms with Crippen molar-refractivity contribution < 1.29 is 9.47 Å². The first kappa shape index (κ1) is 13.0. The van der Waals surface area contributed by atoms with Crippen LogP contribution < -0.4 is 9.47 Å². The molecule has 0 aromatic heterocycles. The number of alkyl halides is 1. The van der Waals surface area contributed by atoms with Crippen molar-refractivity contribution in [2.24, 2.45) is 0 Å². The average Bonchev–Trinajstić information content (AvgIpc) is 2.90. The number of hydrogen-bond acceptors (Lipinski definition) is 3. The standard InChI is InChI=1S/C14H16ClNO2/c1-17-13-7-6-10(12(15)9-16)8-14(13)18-11-4-2-3-5-11/h6-8,11-12H,2-5H2,1H3. The molecule has 4 heteroatoms. The second-order valence-electron chi connectivity index (χ2n) is 4.43. The van der Waals surface area contributed by atoms with Crippen molar-refractivity contribution in [1.29, 1.82) is 5.26 Å². The number of methoxy groups -OCH3 is 1. The first-order valence-corrected chi connectivity index (χ1v) is 6.56. The zero-order chi connectivity index (χ0) is 13.0. The molecule has 1 unspecified atom stereocenters. The van der Waals surface area contributed by atoms with Crippen LogP contribution in [0.4, 0.5) is 0 Å². The lowest BCUT2D eigenvalue weighted by Crippen LogP contribution is -2.11. The van der Waals surface area contributed by atoms with Crippen LogP contribution in [0.5, 0.6) is 11.5 Å². The molecule has 1 atom stereocenters. The fourth-order valence-corrected chi connectivity index (χ4v) is 2.34. The van der Waals surface area contributed by atoms with Crippen LogP contribution in [0.25, 0.3) is 0 Å². The summed E-state index contributed by atoms with van der Waals surface area (Å²) in [5, 5.41) is 8.18. The van der Waals surface area contributed by atoms with E-state index in [1.165, 1.54) is 12.8 Å². The highest BCUT2D eigenvalue weighted by Crippen LogP contribution is 2.34. The van der Waals surface area contributed by atoms with Crippen LogP contribution in [-0.4, -0.2) is 13.2 Å². The van der Waals surface area contributed by atoms with Gasteiger partial charge in [-0.15, -0.1) is 11.6 Å². The summed E-state index contributed by atoms with van der Waals surface area (Å²) in [6.07, 6.45) is 4.84. The van der Waals surface area contributed by atoms with Gasteiger partial charge in [0.25, 0.3) is 0 Å². The number of benzene rings is 1. The number of nitriles is 1. The van der Waals surface area contributed by atoms with Crippen molar-refractivity contribution in [3.05, 3.63) is 23.8 Å². The third kappa shape index (κ3) is 2.88. The molecule has 1 aliphatic carbocycles. The monoisotopic (exact) mass is 265 g/mol. The Morgan fingerprint density at radius 3 is 2.67 bits per heavy atom. The molecule has 1 fully saturated rings. The van der Waals surface area contributed by atoms with Crippen LogP contribution in [0, 0.1) is 11.3 Å². The number of halogens is 1. The Kier molecular flexibility index (Phi) is 4.33. The van der Waals surface area contributed by atoms with E-state index in [-0.39, 0.29) is 6.10 Å². The van der Waals surface area contributed by atoms with Crippen molar-refractivity contribution in [2.45, 2.75) is 37.2 Å². The summed E-state index contributed by atoms with van der Waals surface area (Å²) in [6.45, 7) is 0. The molecule has 0 radical (unpaired) electrons. The van der Waals surface area contributed by atoms with Gasteiger partial charge in [-0.25, -0.2) is 0 Å². The SMILES string of the molecule is COc1ccc(C(Cl)C#N)cc1OC1CCCC1. The summed E-state index contributed by atoms with van der Waals surface area (Å²) in [4.78, 5) is 0. The summed E-state index contributed by atoms with van der Waals surface area (Å²) < 4.78 is 11.2. The molecule has 0 bridgehead atoms. The van der Waals surface area contributed by atoms with E-state index >= 15 is 0 Å². The Morgan fingerprint density at radius 2 is 2.06 bits per heavy atom. The second kappa shape index (κ2) is 5.97. The van der Waals surface area contributed by atoms with Crippen LogP contribution in [0.2, 0.25) is 0 Å². The van der Waals surface area contributed by atoms with Gasteiger partial charge < -0.3 is 9.47 Å². The van der Waals surface area contributed by atoms with Gasteiger partial charge in [0, 0.05) is 0 Å². The molecular weight excluding hydrogens is 250 g/mol. The largest absolute Gasteiger partial charge is 0.493 e. The minimum atomic E-state index is -0.651. The first-order valence-electron chi connectivity index (χ1n) is 6.13. The van der Waals surface area contributed by atoms with E-state index in [9.17, 15) is 0 Å². The van der Waals surface area contributed by atoms with Gasteiger partial charge in [0.15, 0.2) is 11.5 Å². The van der Waals surface area contributed by atoms with Crippen LogP contribution in [0.3, 0.4) is 0 Å². The van der Waals surface area contributed by atoms with Crippen LogP contribution in [0.15, 0.2) is 18.2 Å². The van der Waals surface area contributed by atoms with Crippen molar-refractivity contribution >= 4 is 11.6 Å². The van der Waals surface area contributed by atoms with E-state index in [1.54, 1.807) is 25.3 Å². The van der Waals surface area contributed by atoms with Gasteiger partial charge in [-0.05, 0) is 43.4 Å². The van der Waals surface area contributed by atoms with Crippen LogP contribution >= 0.6 is 11.6 Å². The molecule has 0 heterocycles. The van der Waals surface area contributed by atoms with Gasteiger partial charge in [0.2, 0.25) is 0 Å². The van der Waals surface area contributed by atoms with E-state index in [1.807, 2.05) is 6.07 Å². The van der Waals surface area contributed by atoms with E-state index in [0.29, 0.717) is 11.5 Å². The molecule has 1 saturated carbocycles. The molecule has 0 spiro atoms. The zero-order valence-corrected chi connectivity index (χ0v) is 11.1. The Morgan fingerprint density at radius 1 is 1.33 bits per heavy atom. The van der Waals surface area contributed by atoms with E-state index in [4.69, 9.17) is 26.3 Å². The molecule has 1 aromatic carbocycles. The Labute approximate surface area is 112 Å². The number of nitrogens with zero attached hydrogens (tertiary/aromatic N) is 1. The van der Waals surface area contributed by atoms with Gasteiger partial charge in [0.05, 0.1) is 19.3 Å². The first-order chi connectivity index (χ1) is 8.74. The number of hydrogen-bond donors (Lipinski definition) is 0. The highest BCUT2D eigenvalue weighted by molar-refractivity contribution is 6.22. The Bertz CT molecular complexity index is 450. The van der Waals surface area contributed by atoms with Gasteiger partial charge >= 0.3 is 0 Å². The van der Waals surface area contributed by atoms with E-state index < -0.39 is 5.38 Å². The number of rotatable bonds is 4. The minimum absolute atomic E-state index is 0.255. The molecule has 2 rings (SSSR count). The molecule has 0 N–H and O–H groups in total.